The first-order valence-corrected chi connectivity index (χ1v) is 7.28. The van der Waals surface area contributed by atoms with E-state index in [0.717, 1.165) is 23.1 Å². The molecule has 0 radical (unpaired) electrons. The third-order valence-electron chi connectivity index (χ3n) is 3.79. The van der Waals surface area contributed by atoms with Crippen molar-refractivity contribution in [3.05, 3.63) is 24.3 Å². The molecule has 2 heterocycles. The molecule has 0 aliphatic carbocycles. The van der Waals surface area contributed by atoms with Crippen LogP contribution in [0.1, 0.15) is 25.7 Å². The lowest BCUT2D eigenvalue weighted by Crippen LogP contribution is -2.39. The highest BCUT2D eigenvalue weighted by Gasteiger charge is 2.33. The third-order valence-corrected chi connectivity index (χ3v) is 5.05. The second-order valence-corrected chi connectivity index (χ2v) is 6.40. The number of methoxy groups -OCH3 is 1. The summed E-state index contributed by atoms with van der Waals surface area (Å²) in [5.74, 6) is 0.944. The standard InChI is InChI=1S/C14H19NOS/c1-16-12-4-6-13(7-5-12)17-14-8-10-2-3-11(9-14)15-10/h4-7,10-11,14-15H,2-3,8-9H2,1H3/t10-,11+,14?. The van der Waals surface area contributed by atoms with Crippen molar-refractivity contribution in [3.8, 4) is 5.75 Å². The Morgan fingerprint density at radius 3 is 2.35 bits per heavy atom. The van der Waals surface area contributed by atoms with Gasteiger partial charge in [-0.2, -0.15) is 0 Å². The number of thioether (sulfide) groups is 1. The second kappa shape index (κ2) is 4.91. The Kier molecular flexibility index (Phi) is 3.30. The van der Waals surface area contributed by atoms with E-state index in [1.165, 1.54) is 30.6 Å². The maximum atomic E-state index is 5.18. The van der Waals surface area contributed by atoms with Crippen LogP contribution < -0.4 is 10.1 Å². The average Bonchev–Trinajstić information content (AvgIpc) is 2.70. The van der Waals surface area contributed by atoms with Gasteiger partial charge in [0.05, 0.1) is 7.11 Å². The minimum atomic E-state index is 0.782. The van der Waals surface area contributed by atoms with Gasteiger partial charge in [0.25, 0.3) is 0 Å². The number of ether oxygens (including phenoxy) is 1. The van der Waals surface area contributed by atoms with E-state index in [0.29, 0.717) is 0 Å². The molecule has 1 aromatic carbocycles. The summed E-state index contributed by atoms with van der Waals surface area (Å²) in [4.78, 5) is 1.37. The Bertz CT molecular complexity index is 366. The Hall–Kier alpha value is -0.670. The van der Waals surface area contributed by atoms with Crippen molar-refractivity contribution >= 4 is 11.8 Å². The Labute approximate surface area is 107 Å². The van der Waals surface area contributed by atoms with E-state index in [9.17, 15) is 0 Å². The number of nitrogens with one attached hydrogen (secondary N) is 1. The molecule has 3 atom stereocenters. The monoisotopic (exact) mass is 249 g/mol. The van der Waals surface area contributed by atoms with Crippen molar-refractivity contribution < 1.29 is 4.74 Å². The Morgan fingerprint density at radius 1 is 1.12 bits per heavy atom. The molecule has 1 aromatic rings. The van der Waals surface area contributed by atoms with E-state index in [1.54, 1.807) is 7.11 Å². The fourth-order valence-corrected chi connectivity index (χ4v) is 4.28. The van der Waals surface area contributed by atoms with Gasteiger partial charge in [0.15, 0.2) is 0 Å². The van der Waals surface area contributed by atoms with Crippen LogP contribution in [0.15, 0.2) is 29.2 Å². The quantitative estimate of drug-likeness (QED) is 0.889. The molecule has 0 amide bonds. The number of fused-ring (bicyclic) bond motifs is 2. The van der Waals surface area contributed by atoms with Crippen LogP contribution in [0.3, 0.4) is 0 Å². The summed E-state index contributed by atoms with van der Waals surface area (Å²) in [5.41, 5.74) is 0. The van der Waals surface area contributed by atoms with Gasteiger partial charge in [-0.3, -0.25) is 0 Å². The van der Waals surface area contributed by atoms with E-state index < -0.39 is 0 Å². The number of benzene rings is 1. The van der Waals surface area contributed by atoms with Gasteiger partial charge in [0, 0.05) is 22.2 Å². The van der Waals surface area contributed by atoms with Crippen molar-refractivity contribution in [2.45, 2.75) is 47.9 Å². The van der Waals surface area contributed by atoms with Crippen molar-refractivity contribution in [3.63, 3.8) is 0 Å². The average molecular weight is 249 g/mol. The van der Waals surface area contributed by atoms with E-state index >= 15 is 0 Å². The molecule has 2 nitrogen and oxygen atoms in total. The molecule has 2 fully saturated rings. The van der Waals surface area contributed by atoms with Crippen LogP contribution in [0.25, 0.3) is 0 Å². The zero-order valence-corrected chi connectivity index (χ0v) is 11.0. The molecule has 1 unspecified atom stereocenters. The molecular formula is C14H19NOS. The zero-order valence-electron chi connectivity index (χ0n) is 10.2. The van der Waals surface area contributed by atoms with E-state index in [4.69, 9.17) is 4.74 Å². The minimum Gasteiger partial charge on any atom is -0.497 e. The lowest BCUT2D eigenvalue weighted by Gasteiger charge is -2.28. The molecule has 2 bridgehead atoms. The summed E-state index contributed by atoms with van der Waals surface area (Å²) in [5, 5.41) is 4.48. The lowest BCUT2D eigenvalue weighted by molar-refractivity contribution is 0.413. The molecule has 2 saturated heterocycles. The van der Waals surface area contributed by atoms with Crippen LogP contribution in [0.2, 0.25) is 0 Å². The number of hydrogen-bond donors (Lipinski definition) is 1. The molecule has 0 saturated carbocycles. The summed E-state index contributed by atoms with van der Waals surface area (Å²) < 4.78 is 5.18. The fourth-order valence-electron chi connectivity index (χ4n) is 2.95. The van der Waals surface area contributed by atoms with Crippen LogP contribution in [0.5, 0.6) is 5.75 Å². The molecule has 3 rings (SSSR count). The van der Waals surface area contributed by atoms with E-state index in [1.807, 2.05) is 11.8 Å². The van der Waals surface area contributed by atoms with Gasteiger partial charge in [-0.1, -0.05) is 0 Å². The van der Waals surface area contributed by atoms with Gasteiger partial charge in [-0.25, -0.2) is 0 Å². The lowest BCUT2D eigenvalue weighted by atomic mass is 10.1. The maximum absolute atomic E-state index is 5.18. The Morgan fingerprint density at radius 2 is 1.76 bits per heavy atom. The van der Waals surface area contributed by atoms with Crippen LogP contribution in [-0.4, -0.2) is 24.4 Å². The van der Waals surface area contributed by atoms with Gasteiger partial charge >= 0.3 is 0 Å². The fraction of sp³-hybridized carbons (Fsp3) is 0.571. The van der Waals surface area contributed by atoms with Crippen LogP contribution in [-0.2, 0) is 0 Å². The molecule has 92 valence electrons. The zero-order chi connectivity index (χ0) is 11.7. The predicted molar refractivity (Wildman–Crippen MR) is 71.8 cm³/mol. The van der Waals surface area contributed by atoms with Gasteiger partial charge < -0.3 is 10.1 Å². The first-order valence-electron chi connectivity index (χ1n) is 6.40. The van der Waals surface area contributed by atoms with E-state index in [2.05, 4.69) is 29.6 Å². The smallest absolute Gasteiger partial charge is 0.118 e. The number of hydrogen-bond acceptors (Lipinski definition) is 3. The molecule has 2 aliphatic heterocycles. The summed E-state index contributed by atoms with van der Waals surface area (Å²) in [7, 11) is 1.71. The third kappa shape index (κ3) is 2.61. The van der Waals surface area contributed by atoms with Crippen LogP contribution in [0.4, 0.5) is 0 Å². The topological polar surface area (TPSA) is 21.3 Å². The molecule has 17 heavy (non-hydrogen) atoms. The first kappa shape index (κ1) is 11.4. The SMILES string of the molecule is COc1ccc(SC2C[C@H]3CC[C@@H](C2)N3)cc1. The molecule has 1 N–H and O–H groups in total. The number of piperidine rings is 1. The molecule has 3 heteroatoms. The van der Waals surface area contributed by atoms with Gasteiger partial charge in [0.1, 0.15) is 5.75 Å². The molecule has 0 aromatic heterocycles. The predicted octanol–water partition coefficient (Wildman–Crippen LogP) is 3.07. The summed E-state index contributed by atoms with van der Waals surface area (Å²) in [6.45, 7) is 0. The van der Waals surface area contributed by atoms with Crippen LogP contribution >= 0.6 is 11.8 Å². The highest BCUT2D eigenvalue weighted by atomic mass is 32.2. The number of rotatable bonds is 3. The van der Waals surface area contributed by atoms with Crippen molar-refractivity contribution in [2.24, 2.45) is 0 Å². The summed E-state index contributed by atoms with van der Waals surface area (Å²) in [6, 6.07) is 10.0. The Balaban J connectivity index is 1.62. The maximum Gasteiger partial charge on any atom is 0.118 e. The van der Waals surface area contributed by atoms with Gasteiger partial charge in [-0.05, 0) is 49.9 Å². The molecular weight excluding hydrogens is 230 g/mol. The summed E-state index contributed by atoms with van der Waals surface area (Å²) in [6.07, 6.45) is 5.41. The van der Waals surface area contributed by atoms with Crippen molar-refractivity contribution in [2.75, 3.05) is 7.11 Å². The normalized spacial score (nSPS) is 31.5. The van der Waals surface area contributed by atoms with Crippen molar-refractivity contribution in [1.29, 1.82) is 0 Å². The molecule has 2 aliphatic rings. The van der Waals surface area contributed by atoms with Gasteiger partial charge in [-0.15, -0.1) is 11.8 Å². The first-order chi connectivity index (χ1) is 8.33. The second-order valence-electron chi connectivity index (χ2n) is 5.02. The highest BCUT2D eigenvalue weighted by molar-refractivity contribution is 8.00. The summed E-state index contributed by atoms with van der Waals surface area (Å²) >= 11 is 2.04. The van der Waals surface area contributed by atoms with E-state index in [-0.39, 0.29) is 0 Å². The highest BCUT2D eigenvalue weighted by Crippen LogP contribution is 2.37. The molecule has 0 spiro atoms. The van der Waals surface area contributed by atoms with Crippen LogP contribution in [0, 0.1) is 0 Å². The minimum absolute atomic E-state index is 0.782. The van der Waals surface area contributed by atoms with Crippen molar-refractivity contribution in [1.82, 2.24) is 5.32 Å². The largest absolute Gasteiger partial charge is 0.497 e. The van der Waals surface area contributed by atoms with Gasteiger partial charge in [0.2, 0.25) is 0 Å².